The summed E-state index contributed by atoms with van der Waals surface area (Å²) in [6.45, 7) is 34.9. The molecule has 0 heterocycles. The van der Waals surface area contributed by atoms with Gasteiger partial charge in [0.25, 0.3) is 0 Å². The van der Waals surface area contributed by atoms with E-state index in [9.17, 15) is 34.2 Å². The van der Waals surface area contributed by atoms with Gasteiger partial charge in [-0.15, -0.1) is 0 Å². The Morgan fingerprint density at radius 2 is 0.787 bits per heavy atom. The molecular formula is C55H102N4O21. The Morgan fingerprint density at radius 1 is 0.512 bits per heavy atom. The molecule has 0 spiro atoms. The number of amides is 3. The lowest BCUT2D eigenvalue weighted by Crippen LogP contribution is -2.68. The molecule has 7 N–H and O–H groups in total. The second-order valence-corrected chi connectivity index (χ2v) is 21.2. The van der Waals surface area contributed by atoms with E-state index in [1.54, 1.807) is 41.5 Å². The molecule has 0 radical (unpaired) electrons. The number of carbonyl (C=O) groups excluding carboxylic acids is 13. The van der Waals surface area contributed by atoms with Crippen LogP contribution in [-0.2, 0) is 76.4 Å². The monoisotopic (exact) mass is 1150 g/mol. The van der Waals surface area contributed by atoms with Crippen molar-refractivity contribution >= 4 is 54.8 Å². The zero-order valence-corrected chi connectivity index (χ0v) is 49.6. The maximum atomic E-state index is 12.5. The van der Waals surface area contributed by atoms with Crippen LogP contribution >= 0.6 is 0 Å². The lowest BCUT2D eigenvalue weighted by molar-refractivity contribution is -0.193. The van der Waals surface area contributed by atoms with Gasteiger partial charge in [0.1, 0.15) is 29.0 Å². The summed E-state index contributed by atoms with van der Waals surface area (Å²) in [5.41, 5.74) is 3.70. The molecule has 0 aliphatic heterocycles. The number of nitrogens with one attached hydrogen (secondary N) is 3. The normalized spacial score (nSPS) is 20.9. The third-order valence-corrected chi connectivity index (χ3v) is 12.5. The zero-order chi connectivity index (χ0) is 62.4. The molecule has 0 aromatic rings. The van der Waals surface area contributed by atoms with Crippen LogP contribution in [0, 0.1) is 10.8 Å². The number of carbonyl (C=O) groups is 5. The summed E-state index contributed by atoms with van der Waals surface area (Å²) < 4.78 is 31.8. The van der Waals surface area contributed by atoms with Crippen LogP contribution in [0.25, 0.3) is 0 Å². The van der Waals surface area contributed by atoms with Crippen molar-refractivity contribution in [1.82, 2.24) is 16.0 Å². The summed E-state index contributed by atoms with van der Waals surface area (Å²) in [5, 5.41) is 31.1. The van der Waals surface area contributed by atoms with E-state index in [-0.39, 0.29) is 81.0 Å². The van der Waals surface area contributed by atoms with Gasteiger partial charge in [0, 0.05) is 25.3 Å². The first-order chi connectivity index (χ1) is 35.9. The van der Waals surface area contributed by atoms with Gasteiger partial charge in [-0.3, -0.25) is 9.59 Å². The first-order valence-electron chi connectivity index (χ1n) is 26.0. The summed E-state index contributed by atoms with van der Waals surface area (Å²) in [6, 6.07) is -1.48. The number of hydrogen-bond donors (Lipinski definition) is 6. The first-order valence-corrected chi connectivity index (χ1v) is 26.0. The van der Waals surface area contributed by atoms with Crippen molar-refractivity contribution in [1.29, 1.82) is 0 Å². The van der Waals surface area contributed by atoms with Crippen molar-refractivity contribution < 1.29 is 101 Å². The highest BCUT2D eigenvalue weighted by atomic mass is 16.8. The van der Waals surface area contributed by atoms with Gasteiger partial charge in [-0.05, 0) is 132 Å². The van der Waals surface area contributed by atoms with Crippen LogP contribution in [0.5, 0.6) is 0 Å². The predicted molar refractivity (Wildman–Crippen MR) is 289 cm³/mol. The van der Waals surface area contributed by atoms with E-state index in [1.165, 1.54) is 13.8 Å². The quantitative estimate of drug-likeness (QED) is 0.0532. The molecule has 2 aliphatic carbocycles. The molecule has 468 valence electrons. The number of aliphatic hydroxyl groups excluding tert-OH is 2. The average Bonchev–Trinajstić information content (AvgIpc) is 3.30. The highest BCUT2D eigenvalue weighted by Gasteiger charge is 2.54. The first kappa shape index (κ1) is 88.1. The second-order valence-electron chi connectivity index (χ2n) is 21.2. The highest BCUT2D eigenvalue weighted by Crippen LogP contribution is 2.45. The summed E-state index contributed by atoms with van der Waals surface area (Å²) in [4.78, 5) is 123. The van der Waals surface area contributed by atoms with E-state index < -0.39 is 77.1 Å². The van der Waals surface area contributed by atoms with Gasteiger partial charge < -0.3 is 60.3 Å². The van der Waals surface area contributed by atoms with E-state index in [1.807, 2.05) is 48.5 Å². The third-order valence-electron chi connectivity index (χ3n) is 12.5. The molecule has 3 amide bonds. The molecule has 0 saturated heterocycles. The molecule has 0 bridgehead atoms. The molecule has 8 atom stereocenters. The van der Waals surface area contributed by atoms with Crippen LogP contribution in [0.1, 0.15) is 211 Å². The number of rotatable bonds is 15. The van der Waals surface area contributed by atoms with Crippen LogP contribution in [0.2, 0.25) is 0 Å². The van der Waals surface area contributed by atoms with Gasteiger partial charge in [0.15, 0.2) is 0 Å². The van der Waals surface area contributed by atoms with E-state index in [4.69, 9.17) is 67.8 Å². The number of nitrogens with two attached hydrogens (primary N) is 1. The van der Waals surface area contributed by atoms with Gasteiger partial charge in [-0.25, -0.2) is 14.4 Å². The largest absolute Gasteiger partial charge is 0.519 e. The lowest BCUT2D eigenvalue weighted by atomic mass is 9.63. The fourth-order valence-electron chi connectivity index (χ4n) is 8.65. The average molecular weight is 1160 g/mol. The Morgan fingerprint density at radius 3 is 1.05 bits per heavy atom. The minimum atomic E-state index is -1.06. The molecule has 25 heteroatoms. The molecule has 2 rings (SSSR count). The Hall–Kier alpha value is -5.73. The van der Waals surface area contributed by atoms with Gasteiger partial charge in [0.05, 0.1) is 42.5 Å². The zero-order valence-electron chi connectivity index (χ0n) is 49.6. The van der Waals surface area contributed by atoms with Gasteiger partial charge >= 0.3 is 43.0 Å². The molecule has 0 unspecified atom stereocenters. The van der Waals surface area contributed by atoms with Gasteiger partial charge in [-0.1, -0.05) is 70.2 Å². The standard InChI is InChI=1S/C22H42N2O5.C17H34N2O3.C10H18O5.4CO2.2CH4/c1-9-15(10-2)28-18-17(23-14(5)25)16(24-20(27)29-21(6,7)8)13-22(11-3,12-4)19(18)26;1-6-12(7-2)22-15-14(19-11(5)20)13(18)10-17(8-3,9-4)16(15)21;1-9(2,3)14-7(11)13-8(12)15-10(4,5)6;4*2-1-3;;/h15-19,26H,9-13H2,1-8H3,(H,23,25)(H,24,27);12-16,21H,6-10,18H2,1-5H3,(H,19,20);1-6H3;;;;;2*1H4/t16-,17+,18-,19+;13-,14+,15-,16+;;;;;;;/m00......./s1. The summed E-state index contributed by atoms with van der Waals surface area (Å²) >= 11 is 0. The molecule has 25 nitrogen and oxygen atoms in total. The molecule has 2 aliphatic rings. The third kappa shape index (κ3) is 37.3. The maximum absolute atomic E-state index is 12.5. The minimum Gasteiger partial charge on any atom is -0.444 e. The number of aliphatic hydroxyl groups is 2. The second kappa shape index (κ2) is 44.9. The van der Waals surface area contributed by atoms with E-state index in [2.05, 4.69) is 48.4 Å². The smallest absolute Gasteiger partial charge is 0.444 e. The van der Waals surface area contributed by atoms with E-state index >= 15 is 0 Å². The van der Waals surface area contributed by atoms with Crippen LogP contribution in [0.3, 0.4) is 0 Å². The van der Waals surface area contributed by atoms with E-state index in [0.717, 1.165) is 51.4 Å². The fourth-order valence-corrected chi connectivity index (χ4v) is 8.65. The molecule has 2 fully saturated rings. The van der Waals surface area contributed by atoms with Crippen LogP contribution in [-0.4, -0.2) is 143 Å². The topological polar surface area (TPSA) is 380 Å². The number of hydrogen-bond acceptors (Lipinski definition) is 22. The summed E-state index contributed by atoms with van der Waals surface area (Å²) in [7, 11) is 0. The van der Waals surface area contributed by atoms with Crippen LogP contribution < -0.4 is 21.7 Å². The molecule has 80 heavy (non-hydrogen) atoms. The number of ether oxygens (including phenoxy) is 6. The number of alkyl carbamates (subject to hydrolysis) is 1. The molecular weight excluding hydrogens is 1050 g/mol. The van der Waals surface area contributed by atoms with Crippen molar-refractivity contribution in [3.63, 3.8) is 0 Å². The van der Waals surface area contributed by atoms with Crippen LogP contribution in [0.15, 0.2) is 0 Å². The maximum Gasteiger partial charge on any atom is 0.519 e. The Kier molecular flexibility index (Phi) is 49.5. The van der Waals surface area contributed by atoms with Crippen molar-refractivity contribution in [2.45, 2.75) is 288 Å². The Balaban J connectivity index is -0.000000185. The van der Waals surface area contributed by atoms with Crippen molar-refractivity contribution in [3.8, 4) is 0 Å². The van der Waals surface area contributed by atoms with Crippen molar-refractivity contribution in [3.05, 3.63) is 0 Å². The van der Waals surface area contributed by atoms with Crippen molar-refractivity contribution in [2.24, 2.45) is 16.6 Å². The summed E-state index contributed by atoms with van der Waals surface area (Å²) in [6.07, 6.45) is 3.80. The Labute approximate surface area is 475 Å². The molecule has 0 aromatic carbocycles. The molecule has 2 saturated carbocycles. The highest BCUT2D eigenvalue weighted by molar-refractivity contribution is 5.77. The van der Waals surface area contributed by atoms with Crippen LogP contribution in [0.4, 0.5) is 14.4 Å². The SMILES string of the molecule is C.C.CC(C)(C)OC(=O)OC(=O)OC(C)(C)C.CCC(CC)O[C@H]1[C@H](NC(C)=O)[C@@H](N)CC(CC)(CC)[C@@H]1O.CCC(CC)O[C@H]1[C@H](NC(C)=O)[C@@H](NC(=O)OC(C)(C)C)CC(CC)(CC)[C@@H]1O.O=C=O.O=C=O.O=C=O.O=C=O. The Bertz CT molecular complexity index is 1780. The van der Waals surface area contributed by atoms with Crippen molar-refractivity contribution in [2.75, 3.05) is 0 Å². The van der Waals surface area contributed by atoms with Gasteiger partial charge in [-0.2, -0.15) is 38.4 Å². The van der Waals surface area contributed by atoms with E-state index in [0.29, 0.717) is 12.8 Å². The van der Waals surface area contributed by atoms with Gasteiger partial charge in [0.2, 0.25) is 11.8 Å². The fraction of sp³-hybridized carbons (Fsp3) is 0.836. The molecule has 0 aromatic heterocycles. The minimum absolute atomic E-state index is 0. The predicted octanol–water partition coefficient (Wildman–Crippen LogP) is 7.30. The lowest BCUT2D eigenvalue weighted by Gasteiger charge is -2.52. The summed E-state index contributed by atoms with van der Waals surface area (Å²) in [5.74, 6) is -0.358.